The summed E-state index contributed by atoms with van der Waals surface area (Å²) in [4.78, 5) is 26.0. The summed E-state index contributed by atoms with van der Waals surface area (Å²) in [6.45, 7) is 1.64. The van der Waals surface area contributed by atoms with Crippen LogP contribution in [0.25, 0.3) is 6.08 Å². The zero-order chi connectivity index (χ0) is 24.4. The zero-order valence-electron chi connectivity index (χ0n) is 18.9. The lowest BCUT2D eigenvalue weighted by molar-refractivity contribution is -0.118. The molecule has 9 heteroatoms. The summed E-state index contributed by atoms with van der Waals surface area (Å²) < 4.78 is 13.9. The van der Waals surface area contributed by atoms with Gasteiger partial charge in [-0.25, -0.2) is 4.79 Å². The highest BCUT2D eigenvalue weighted by molar-refractivity contribution is 6.67. The van der Waals surface area contributed by atoms with E-state index in [0.717, 1.165) is 29.9 Å². The van der Waals surface area contributed by atoms with Crippen molar-refractivity contribution in [2.45, 2.75) is 30.0 Å². The maximum Gasteiger partial charge on any atom is 0.414 e. The molecule has 0 fully saturated rings. The van der Waals surface area contributed by atoms with Gasteiger partial charge in [0, 0.05) is 30.3 Å². The zero-order valence-corrected chi connectivity index (χ0v) is 21.1. The van der Waals surface area contributed by atoms with Crippen molar-refractivity contribution in [2.24, 2.45) is 5.92 Å². The molecule has 1 atom stereocenters. The van der Waals surface area contributed by atoms with Gasteiger partial charge in [0.2, 0.25) is 3.79 Å². The summed E-state index contributed by atoms with van der Waals surface area (Å²) in [7, 11) is 3.22. The average molecular weight is 517 g/mol. The van der Waals surface area contributed by atoms with Crippen LogP contribution in [0.5, 0.6) is 11.5 Å². The summed E-state index contributed by atoms with van der Waals surface area (Å²) in [6, 6.07) is 5.64. The molecule has 1 aliphatic rings. The summed E-state index contributed by atoms with van der Waals surface area (Å²) in [5.74, 6) is 1.12. The summed E-state index contributed by atoms with van der Waals surface area (Å²) in [5, 5.41) is 0. The highest BCUT2D eigenvalue weighted by atomic mass is 35.6. The number of amides is 1. The number of unbranched alkanes of at least 4 members (excludes halogenated alkanes) is 1. The fourth-order valence-corrected chi connectivity index (χ4v) is 3.32. The Morgan fingerprint density at radius 2 is 1.82 bits per heavy atom. The van der Waals surface area contributed by atoms with Crippen molar-refractivity contribution in [3.05, 3.63) is 53.8 Å². The number of hydrogen-bond donors (Lipinski definition) is 0. The third-order valence-electron chi connectivity index (χ3n) is 4.89. The highest BCUT2D eigenvalue weighted by Crippen LogP contribution is 2.28. The number of benzene rings is 1. The normalized spacial score (nSPS) is 16.9. The van der Waals surface area contributed by atoms with Gasteiger partial charge in [0.05, 0.1) is 14.2 Å². The topological polar surface area (TPSA) is 65.1 Å². The summed E-state index contributed by atoms with van der Waals surface area (Å²) in [5.41, 5.74) is 1.57. The number of nitrogens with zero attached hydrogens (tertiary/aromatic N) is 1. The van der Waals surface area contributed by atoms with E-state index in [2.05, 4.69) is 0 Å². The Bertz CT molecular complexity index is 899. The van der Waals surface area contributed by atoms with E-state index in [9.17, 15) is 9.59 Å². The number of alkyl halides is 3. The molecule has 0 unspecified atom stereocenters. The minimum atomic E-state index is -1.69. The van der Waals surface area contributed by atoms with Crippen LogP contribution in [0.15, 0.2) is 48.2 Å². The van der Waals surface area contributed by atoms with Crippen molar-refractivity contribution in [2.75, 3.05) is 27.4 Å². The van der Waals surface area contributed by atoms with Gasteiger partial charge in [-0.05, 0) is 37.0 Å². The second-order valence-electron chi connectivity index (χ2n) is 7.54. The molecule has 0 bridgehead atoms. The van der Waals surface area contributed by atoms with Gasteiger partial charge < -0.3 is 14.2 Å². The fraction of sp³-hybridized carbons (Fsp3) is 0.417. The Labute approximate surface area is 209 Å². The molecule has 0 saturated heterocycles. The second kappa shape index (κ2) is 12.9. The van der Waals surface area contributed by atoms with Gasteiger partial charge in [0.25, 0.3) is 0 Å². The molecular formula is C24H28Cl3NO5. The molecule has 0 aliphatic carbocycles. The molecular weight excluding hydrogens is 489 g/mol. The van der Waals surface area contributed by atoms with Gasteiger partial charge in [-0.15, -0.1) is 0 Å². The number of carbonyl (C=O) groups is 2. The van der Waals surface area contributed by atoms with E-state index in [4.69, 9.17) is 49.0 Å². The molecule has 0 spiro atoms. The first kappa shape index (κ1) is 27.1. The Kier molecular flexibility index (Phi) is 10.6. The monoisotopic (exact) mass is 515 g/mol. The van der Waals surface area contributed by atoms with Crippen molar-refractivity contribution in [3.8, 4) is 11.5 Å². The standard InChI is InChI=1S/C24H28Cl3NO5/c1-17-15-28(23(30)33-16-24(25,26)27)19(13-22(17)29)10-8-6-4-5-7-9-18-11-20(31-2)14-21(12-18)32-3/h4-5,7,9,11-14,17H,6,8,10,15-16H2,1-3H3/b5-4+,9-7+/t17-/m0/s1. The lowest BCUT2D eigenvalue weighted by Crippen LogP contribution is -2.41. The Morgan fingerprint density at radius 1 is 1.15 bits per heavy atom. The van der Waals surface area contributed by atoms with Crippen LogP contribution >= 0.6 is 34.8 Å². The summed E-state index contributed by atoms with van der Waals surface area (Å²) >= 11 is 17.0. The average Bonchev–Trinajstić information content (AvgIpc) is 2.78. The minimum Gasteiger partial charge on any atom is -0.497 e. The molecule has 33 heavy (non-hydrogen) atoms. The van der Waals surface area contributed by atoms with E-state index in [0.29, 0.717) is 12.1 Å². The van der Waals surface area contributed by atoms with Crippen LogP contribution in [0.1, 0.15) is 31.7 Å². The van der Waals surface area contributed by atoms with Crippen molar-refractivity contribution >= 4 is 52.8 Å². The maximum absolute atomic E-state index is 12.4. The number of hydrogen-bond acceptors (Lipinski definition) is 5. The number of carbonyl (C=O) groups excluding carboxylic acids is 2. The Hall–Kier alpha value is -2.15. The SMILES string of the molecule is COc1cc(/C=C/C=C/CCCC2=CC(=O)[C@@H](C)CN2C(=O)OCC(Cl)(Cl)Cl)cc(OC)c1. The van der Waals surface area contributed by atoms with Gasteiger partial charge in [0.15, 0.2) is 5.78 Å². The van der Waals surface area contributed by atoms with Crippen LogP contribution in [0.3, 0.4) is 0 Å². The van der Waals surface area contributed by atoms with Crippen molar-refractivity contribution < 1.29 is 23.8 Å². The molecule has 1 amide bonds. The number of rotatable bonds is 9. The number of allylic oxidation sites excluding steroid dienone is 5. The fourth-order valence-electron chi connectivity index (χ4n) is 3.15. The largest absolute Gasteiger partial charge is 0.497 e. The number of ketones is 1. The first-order valence-electron chi connectivity index (χ1n) is 10.4. The van der Waals surface area contributed by atoms with Crippen LogP contribution < -0.4 is 9.47 Å². The molecule has 1 aromatic rings. The molecule has 0 aromatic heterocycles. The van der Waals surface area contributed by atoms with E-state index in [1.165, 1.54) is 11.0 Å². The van der Waals surface area contributed by atoms with Gasteiger partial charge in [-0.1, -0.05) is 66.0 Å². The predicted octanol–water partition coefficient (Wildman–Crippen LogP) is 6.36. The molecule has 1 aliphatic heterocycles. The van der Waals surface area contributed by atoms with Crippen LogP contribution in [0, 0.1) is 5.92 Å². The molecule has 0 radical (unpaired) electrons. The van der Waals surface area contributed by atoms with Crippen molar-refractivity contribution in [1.82, 2.24) is 4.90 Å². The smallest absolute Gasteiger partial charge is 0.414 e. The first-order valence-corrected chi connectivity index (χ1v) is 11.6. The van der Waals surface area contributed by atoms with E-state index in [-0.39, 0.29) is 24.9 Å². The molecule has 6 nitrogen and oxygen atoms in total. The minimum absolute atomic E-state index is 0.0115. The third kappa shape index (κ3) is 9.32. The van der Waals surface area contributed by atoms with Crippen molar-refractivity contribution in [3.63, 3.8) is 0 Å². The van der Waals surface area contributed by atoms with Gasteiger partial charge >= 0.3 is 6.09 Å². The Balaban J connectivity index is 1.90. The van der Waals surface area contributed by atoms with Crippen molar-refractivity contribution in [1.29, 1.82) is 0 Å². The van der Waals surface area contributed by atoms with Gasteiger partial charge in [0.1, 0.15) is 18.1 Å². The van der Waals surface area contributed by atoms with E-state index < -0.39 is 9.89 Å². The molecule has 180 valence electrons. The molecule has 2 rings (SSSR count). The van der Waals surface area contributed by atoms with Crippen LogP contribution in [0.2, 0.25) is 0 Å². The number of ether oxygens (including phenoxy) is 3. The maximum atomic E-state index is 12.4. The third-order valence-corrected chi connectivity index (χ3v) is 5.22. The van der Waals surface area contributed by atoms with E-state index in [1.54, 1.807) is 21.1 Å². The number of halogens is 3. The lowest BCUT2D eigenvalue weighted by Gasteiger charge is -2.31. The molecule has 1 aromatic carbocycles. The first-order chi connectivity index (χ1) is 15.6. The molecule has 0 saturated carbocycles. The lowest BCUT2D eigenvalue weighted by atomic mass is 9.98. The van der Waals surface area contributed by atoms with E-state index in [1.807, 2.05) is 42.5 Å². The Morgan fingerprint density at radius 3 is 2.42 bits per heavy atom. The van der Waals surface area contributed by atoms with Gasteiger partial charge in [-0.2, -0.15) is 0 Å². The van der Waals surface area contributed by atoms with Gasteiger partial charge in [-0.3, -0.25) is 9.69 Å². The second-order valence-corrected chi connectivity index (χ2v) is 10.1. The summed E-state index contributed by atoms with van der Waals surface area (Å²) in [6.07, 6.45) is 10.8. The van der Waals surface area contributed by atoms with E-state index >= 15 is 0 Å². The molecule has 1 heterocycles. The molecule has 0 N–H and O–H groups in total. The predicted molar refractivity (Wildman–Crippen MR) is 132 cm³/mol. The quantitative estimate of drug-likeness (QED) is 0.217. The highest BCUT2D eigenvalue weighted by Gasteiger charge is 2.31. The number of methoxy groups -OCH3 is 2. The van der Waals surface area contributed by atoms with Crippen LogP contribution in [-0.2, 0) is 9.53 Å². The van der Waals surface area contributed by atoms with Crippen LogP contribution in [0.4, 0.5) is 4.79 Å². The van der Waals surface area contributed by atoms with Crippen LogP contribution in [-0.4, -0.2) is 47.9 Å².